The Balaban J connectivity index is 0.00000136. The monoisotopic (exact) mass is 957 g/mol. The predicted molar refractivity (Wildman–Crippen MR) is 318 cm³/mol. The molecule has 4 heteroatoms. The van der Waals surface area contributed by atoms with Crippen LogP contribution in [0, 0.1) is 34.6 Å². The first-order chi connectivity index (χ1) is 35.0. The van der Waals surface area contributed by atoms with E-state index in [-0.39, 0.29) is 0 Å². The van der Waals surface area contributed by atoms with E-state index in [9.17, 15) is 0 Å². The minimum absolute atomic E-state index is 0.520. The molecule has 0 saturated heterocycles. The van der Waals surface area contributed by atoms with Crippen molar-refractivity contribution in [3.8, 4) is 5.75 Å². The van der Waals surface area contributed by atoms with Gasteiger partial charge < -0.3 is 19.0 Å². The number of furan rings is 1. The van der Waals surface area contributed by atoms with E-state index in [0.29, 0.717) is 6.61 Å². The molecule has 4 nitrogen and oxygen atoms in total. The van der Waals surface area contributed by atoms with Gasteiger partial charge in [-0.05, 0) is 161 Å². The molecular formula is C68H80N2O2. The van der Waals surface area contributed by atoms with Crippen molar-refractivity contribution in [2.75, 3.05) is 16.4 Å². The summed E-state index contributed by atoms with van der Waals surface area (Å²) in [6.07, 6.45) is 8.57. The Bertz CT molecular complexity index is 3340. The van der Waals surface area contributed by atoms with Crippen LogP contribution < -0.4 is 14.5 Å². The quantitative estimate of drug-likeness (QED) is 0.0582. The number of rotatable bonds is 15. The Morgan fingerprint density at radius 2 is 1.21 bits per heavy atom. The molecule has 0 bridgehead atoms. The van der Waals surface area contributed by atoms with Crippen LogP contribution in [0.5, 0.6) is 5.75 Å². The van der Waals surface area contributed by atoms with Crippen LogP contribution in [-0.4, -0.2) is 6.61 Å². The minimum atomic E-state index is 0.520. The smallest absolute Gasteiger partial charge is 0.154 e. The van der Waals surface area contributed by atoms with Crippen molar-refractivity contribution in [1.82, 2.24) is 0 Å². The van der Waals surface area contributed by atoms with Crippen LogP contribution >= 0.6 is 0 Å². The second-order valence-corrected chi connectivity index (χ2v) is 18.4. The van der Waals surface area contributed by atoms with Gasteiger partial charge in [-0.15, -0.1) is 6.58 Å². The van der Waals surface area contributed by atoms with Crippen LogP contribution in [0.15, 0.2) is 162 Å². The summed E-state index contributed by atoms with van der Waals surface area (Å²) in [4.78, 5) is 4.87. The predicted octanol–water partition coefficient (Wildman–Crippen LogP) is 21.3. The molecule has 0 atom stereocenters. The summed E-state index contributed by atoms with van der Waals surface area (Å²) in [5, 5.41) is 8.39. The van der Waals surface area contributed by atoms with Crippen LogP contribution in [0.4, 0.5) is 28.4 Å². The van der Waals surface area contributed by atoms with Crippen LogP contribution in [0.2, 0.25) is 0 Å². The molecule has 8 aromatic carbocycles. The summed E-state index contributed by atoms with van der Waals surface area (Å²) >= 11 is 0. The number of fused-ring (bicyclic) bond motifs is 1. The molecule has 0 aliphatic carbocycles. The number of benzene rings is 8. The first-order valence-electron chi connectivity index (χ1n) is 26.6. The van der Waals surface area contributed by atoms with E-state index in [1.54, 1.807) is 0 Å². The van der Waals surface area contributed by atoms with Crippen LogP contribution in [0.3, 0.4) is 0 Å². The average Bonchev–Trinajstić information content (AvgIpc) is 3.74. The van der Waals surface area contributed by atoms with Gasteiger partial charge in [0.15, 0.2) is 5.76 Å². The van der Waals surface area contributed by atoms with Gasteiger partial charge in [0.25, 0.3) is 0 Å². The zero-order valence-electron chi connectivity index (χ0n) is 46.2. The molecule has 0 radical (unpaired) electrons. The lowest BCUT2D eigenvalue weighted by Crippen LogP contribution is -2.17. The third-order valence-electron chi connectivity index (χ3n) is 13.3. The third kappa shape index (κ3) is 11.0. The standard InChI is InChI=1S/C62H62N2O2.3C2H6/c1-11-46-37-41(6)25-33-54(46)64(57-22-15-16-23-58(57)65-38-42(7)19-14-13-18-39(3)4)56-35-29-48-26-30-50-55(34-28-47-27-31-51(56)60(48)59(47)50)63(53-32-24-40(5)36-44(53)9)52(12-2)62-45(10)49-21-17-20-43(8)61(49)66-62;3*1-2/h12,15-17,19-37H,3,11,13-14,18,38H2,1-2,4-10H3;3*1-2H3/b42-19-,52-12+;;;. The molecule has 0 aliphatic rings. The van der Waals surface area contributed by atoms with E-state index >= 15 is 0 Å². The van der Waals surface area contributed by atoms with Crippen molar-refractivity contribution < 1.29 is 9.15 Å². The van der Waals surface area contributed by atoms with Gasteiger partial charge in [-0.2, -0.15) is 0 Å². The van der Waals surface area contributed by atoms with E-state index < -0.39 is 0 Å². The van der Waals surface area contributed by atoms with E-state index in [2.05, 4.69) is 218 Å². The zero-order valence-corrected chi connectivity index (χ0v) is 46.2. The number of nitrogens with zero attached hydrogens (tertiary/aromatic N) is 2. The number of aryl methyl sites for hydroxylation is 6. The normalized spacial score (nSPS) is 11.5. The maximum absolute atomic E-state index is 6.89. The average molecular weight is 957 g/mol. The highest BCUT2D eigenvalue weighted by Crippen LogP contribution is 2.50. The molecule has 72 heavy (non-hydrogen) atoms. The molecule has 374 valence electrons. The van der Waals surface area contributed by atoms with Gasteiger partial charge in [0.1, 0.15) is 17.9 Å². The first-order valence-corrected chi connectivity index (χ1v) is 26.6. The molecule has 0 amide bonds. The van der Waals surface area contributed by atoms with Crippen molar-refractivity contribution in [2.45, 2.75) is 130 Å². The fourth-order valence-electron chi connectivity index (χ4n) is 9.97. The van der Waals surface area contributed by atoms with Crippen LogP contribution in [0.1, 0.15) is 128 Å². The molecule has 0 spiro atoms. The molecule has 0 unspecified atom stereocenters. The van der Waals surface area contributed by atoms with Gasteiger partial charge in [-0.25, -0.2) is 0 Å². The van der Waals surface area contributed by atoms with E-state index in [1.165, 1.54) is 65.7 Å². The summed E-state index contributed by atoms with van der Waals surface area (Å²) in [5.41, 5.74) is 17.1. The fourth-order valence-corrected chi connectivity index (χ4v) is 9.97. The van der Waals surface area contributed by atoms with Crippen molar-refractivity contribution in [1.29, 1.82) is 0 Å². The maximum atomic E-state index is 6.89. The van der Waals surface area contributed by atoms with Crippen LogP contribution in [0.25, 0.3) is 49.0 Å². The largest absolute Gasteiger partial charge is 0.487 e. The lowest BCUT2D eigenvalue weighted by Gasteiger charge is -2.32. The van der Waals surface area contributed by atoms with Gasteiger partial charge in [-0.3, -0.25) is 0 Å². The van der Waals surface area contributed by atoms with Crippen molar-refractivity contribution in [3.05, 3.63) is 196 Å². The molecule has 0 aliphatic heterocycles. The van der Waals surface area contributed by atoms with Gasteiger partial charge >= 0.3 is 0 Å². The summed E-state index contributed by atoms with van der Waals surface area (Å²) in [7, 11) is 0. The lowest BCUT2D eigenvalue weighted by atomic mass is 9.91. The summed E-state index contributed by atoms with van der Waals surface area (Å²) in [5.74, 6) is 1.73. The lowest BCUT2D eigenvalue weighted by molar-refractivity contribution is 0.352. The highest BCUT2D eigenvalue weighted by molar-refractivity contribution is 6.28. The third-order valence-corrected chi connectivity index (χ3v) is 13.3. The Morgan fingerprint density at radius 1 is 0.611 bits per heavy atom. The maximum Gasteiger partial charge on any atom is 0.154 e. The second-order valence-electron chi connectivity index (χ2n) is 18.4. The fraction of sp³-hybridized carbons (Fsp3) is 0.294. The Labute approximate surface area is 432 Å². The van der Waals surface area contributed by atoms with Gasteiger partial charge in [0.05, 0.1) is 22.8 Å². The molecule has 9 aromatic rings. The van der Waals surface area contributed by atoms with Crippen molar-refractivity contribution >= 4 is 77.4 Å². The molecule has 0 N–H and O–H groups in total. The molecule has 9 rings (SSSR count). The summed E-state index contributed by atoms with van der Waals surface area (Å²) < 4.78 is 13.7. The van der Waals surface area contributed by atoms with Gasteiger partial charge in [0.2, 0.25) is 0 Å². The first kappa shape index (κ1) is 54.3. The minimum Gasteiger partial charge on any atom is -0.487 e. The SMILES string of the molecule is C=C(C)CCC/C=C(/C)COc1ccccc1N(c1ccc(C)cc1CC)c1ccc2ccc3c(N(/C(=C/C)c4oc5c(C)cccc5c4C)c4ccc(C)cc4C)ccc4ccc1c2c43.CC.CC.CC. The van der Waals surface area contributed by atoms with E-state index in [0.717, 1.165) is 93.4 Å². The zero-order chi connectivity index (χ0) is 52.2. The van der Waals surface area contributed by atoms with Crippen molar-refractivity contribution in [3.63, 3.8) is 0 Å². The van der Waals surface area contributed by atoms with E-state index in [1.807, 2.05) is 41.5 Å². The topological polar surface area (TPSA) is 28.9 Å². The number of allylic oxidation sites excluding steroid dienone is 3. The molecular weight excluding hydrogens is 877 g/mol. The number of hydrogen-bond acceptors (Lipinski definition) is 4. The number of para-hydroxylation sites is 3. The Hall–Kier alpha value is -7.04. The number of hydrogen-bond donors (Lipinski definition) is 0. The summed E-state index contributed by atoms with van der Waals surface area (Å²) in [6, 6.07) is 47.0. The van der Waals surface area contributed by atoms with E-state index in [4.69, 9.17) is 9.15 Å². The molecule has 1 heterocycles. The molecule has 0 saturated carbocycles. The number of unbranched alkanes of at least 4 members (excludes halogenated alkanes) is 1. The number of anilines is 5. The molecule has 0 fully saturated rings. The second kappa shape index (κ2) is 24.9. The highest BCUT2D eigenvalue weighted by atomic mass is 16.5. The van der Waals surface area contributed by atoms with Gasteiger partial charge in [0, 0.05) is 33.1 Å². The Morgan fingerprint density at radius 3 is 1.83 bits per heavy atom. The number of ether oxygens (including phenoxy) is 1. The molecule has 1 aromatic heterocycles. The van der Waals surface area contributed by atoms with Crippen LogP contribution in [-0.2, 0) is 6.42 Å². The van der Waals surface area contributed by atoms with Crippen molar-refractivity contribution in [2.24, 2.45) is 0 Å². The van der Waals surface area contributed by atoms with Gasteiger partial charge in [-0.1, -0.05) is 168 Å². The highest BCUT2D eigenvalue weighted by Gasteiger charge is 2.28. The summed E-state index contributed by atoms with van der Waals surface area (Å²) in [6.45, 7) is 36.1. The Kier molecular flexibility index (Phi) is 18.8.